The van der Waals surface area contributed by atoms with Crippen molar-refractivity contribution in [3.8, 4) is 44.5 Å². The molecule has 1 nitrogen and oxygen atoms in total. The van der Waals surface area contributed by atoms with Crippen molar-refractivity contribution >= 4 is 27.8 Å². The van der Waals surface area contributed by atoms with Crippen molar-refractivity contribution in [2.75, 3.05) is 4.90 Å². The summed E-state index contributed by atoms with van der Waals surface area (Å²) in [4.78, 5) is 2.39. The van der Waals surface area contributed by atoms with E-state index in [2.05, 4.69) is 193 Å². The van der Waals surface area contributed by atoms with Crippen LogP contribution in [-0.2, 0) is 5.41 Å². The minimum atomic E-state index is 0.196. The number of hydrogen-bond donors (Lipinski definition) is 0. The fraction of sp³-hybridized carbons (Fsp3) is 0.164. The fourth-order valence-corrected chi connectivity index (χ4v) is 12.0. The molecule has 0 aromatic heterocycles. The molecule has 5 atom stereocenters. The topological polar surface area (TPSA) is 3.24 Å². The standard InChI is InChI=1S/C55H43N/c1-2-8-37(9-3-1)39-16-23-47(24-17-39)56(48-25-18-40(19-26-48)43-15-14-38-10-4-5-11-42(38)33-43)49-27-20-41(21-28-49)44-22-29-51-50-12-6-7-13-52(50)55(54(51)35-44)46-31-36-30-45(34-46)53(55)32-36/h1-29,33,35-36,45-46,53H,30-32,34H2. The maximum absolute atomic E-state index is 2.60. The van der Waals surface area contributed by atoms with Crippen LogP contribution in [0.15, 0.2) is 188 Å². The second-order valence-corrected chi connectivity index (χ2v) is 17.0. The third-order valence-electron chi connectivity index (χ3n) is 14.3. The Morgan fingerprint density at radius 1 is 0.375 bits per heavy atom. The summed E-state index contributed by atoms with van der Waals surface area (Å²) in [7, 11) is 0. The minimum Gasteiger partial charge on any atom is -0.311 e. The molecule has 5 aliphatic carbocycles. The van der Waals surface area contributed by atoms with E-state index in [0.29, 0.717) is 0 Å². The van der Waals surface area contributed by atoms with Crippen LogP contribution < -0.4 is 4.90 Å². The van der Waals surface area contributed by atoms with Gasteiger partial charge in [0.25, 0.3) is 0 Å². The van der Waals surface area contributed by atoms with E-state index in [4.69, 9.17) is 0 Å². The lowest BCUT2D eigenvalue weighted by atomic mass is 9.59. The van der Waals surface area contributed by atoms with E-state index >= 15 is 0 Å². The average Bonchev–Trinajstić information content (AvgIpc) is 3.81. The third kappa shape index (κ3) is 4.80. The lowest BCUT2D eigenvalue weighted by molar-refractivity contribution is 0.191. The summed E-state index contributed by atoms with van der Waals surface area (Å²) < 4.78 is 0. The van der Waals surface area contributed by atoms with Crippen molar-refractivity contribution in [2.45, 2.75) is 31.1 Å². The summed E-state index contributed by atoms with van der Waals surface area (Å²) >= 11 is 0. The Morgan fingerprint density at radius 3 is 1.61 bits per heavy atom. The van der Waals surface area contributed by atoms with Gasteiger partial charge < -0.3 is 4.90 Å². The predicted octanol–water partition coefficient (Wildman–Crippen LogP) is 14.6. The van der Waals surface area contributed by atoms with Crippen LogP contribution in [0.1, 0.15) is 36.8 Å². The molecular formula is C55H43N. The third-order valence-corrected chi connectivity index (χ3v) is 14.3. The van der Waals surface area contributed by atoms with E-state index in [-0.39, 0.29) is 5.41 Å². The van der Waals surface area contributed by atoms with Gasteiger partial charge in [-0.15, -0.1) is 0 Å². The van der Waals surface area contributed by atoms with E-state index in [1.54, 1.807) is 11.1 Å². The Hall–Kier alpha value is -6.18. The Balaban J connectivity index is 0.919. The van der Waals surface area contributed by atoms with Gasteiger partial charge in [0.1, 0.15) is 0 Å². The minimum absolute atomic E-state index is 0.196. The molecule has 13 rings (SSSR count). The predicted molar refractivity (Wildman–Crippen MR) is 234 cm³/mol. The number of anilines is 3. The van der Waals surface area contributed by atoms with Crippen molar-refractivity contribution in [1.29, 1.82) is 0 Å². The molecule has 8 aromatic carbocycles. The van der Waals surface area contributed by atoms with Crippen LogP contribution in [0.25, 0.3) is 55.3 Å². The summed E-state index contributed by atoms with van der Waals surface area (Å²) in [5, 5.41) is 2.53. The van der Waals surface area contributed by atoms with Gasteiger partial charge in [0.05, 0.1) is 0 Å². The highest BCUT2D eigenvalue weighted by Gasteiger charge is 2.65. The van der Waals surface area contributed by atoms with Gasteiger partial charge in [-0.3, -0.25) is 0 Å². The first kappa shape index (κ1) is 32.1. The largest absolute Gasteiger partial charge is 0.311 e. The smallest absolute Gasteiger partial charge is 0.0462 e. The van der Waals surface area contributed by atoms with Crippen molar-refractivity contribution in [2.24, 2.45) is 23.7 Å². The number of fused-ring (bicyclic) bond motifs is 4. The number of rotatable bonds is 6. The summed E-state index contributed by atoms with van der Waals surface area (Å²) in [6.07, 6.45) is 5.70. The van der Waals surface area contributed by atoms with Crippen LogP contribution in [0.5, 0.6) is 0 Å². The molecule has 268 valence electrons. The van der Waals surface area contributed by atoms with E-state index in [0.717, 1.165) is 40.7 Å². The van der Waals surface area contributed by atoms with Gasteiger partial charge in [-0.25, -0.2) is 0 Å². The quantitative estimate of drug-likeness (QED) is 0.166. The molecule has 4 fully saturated rings. The molecule has 56 heavy (non-hydrogen) atoms. The SMILES string of the molecule is c1ccc(-c2ccc(N(c3ccc(-c4ccc5c(c4)C4(c6ccccc6-5)C5CC6CC(C5)C4C6)cc3)c3ccc(-c4ccc5ccccc5c4)cc3)cc2)cc1. The molecule has 5 unspecified atom stereocenters. The molecular weight excluding hydrogens is 675 g/mol. The Bertz CT molecular complexity index is 2760. The van der Waals surface area contributed by atoms with Gasteiger partial charge in [0.2, 0.25) is 0 Å². The number of benzene rings is 8. The zero-order valence-corrected chi connectivity index (χ0v) is 31.5. The van der Waals surface area contributed by atoms with Crippen molar-refractivity contribution in [3.63, 3.8) is 0 Å². The lowest BCUT2D eigenvalue weighted by Crippen LogP contribution is -2.40. The van der Waals surface area contributed by atoms with Crippen LogP contribution >= 0.6 is 0 Å². The van der Waals surface area contributed by atoms with E-state index < -0.39 is 0 Å². The highest BCUT2D eigenvalue weighted by Crippen LogP contribution is 2.73. The molecule has 0 heterocycles. The zero-order valence-electron chi connectivity index (χ0n) is 31.5. The molecule has 0 saturated heterocycles. The molecule has 0 N–H and O–H groups in total. The molecule has 1 spiro atoms. The van der Waals surface area contributed by atoms with E-state index in [1.807, 2.05) is 0 Å². The molecule has 0 aliphatic heterocycles. The monoisotopic (exact) mass is 717 g/mol. The fourth-order valence-electron chi connectivity index (χ4n) is 12.0. The van der Waals surface area contributed by atoms with Crippen LogP contribution in [0.2, 0.25) is 0 Å². The maximum atomic E-state index is 2.60. The number of hydrogen-bond acceptors (Lipinski definition) is 1. The van der Waals surface area contributed by atoms with Gasteiger partial charge in [-0.05, 0) is 164 Å². The van der Waals surface area contributed by atoms with Gasteiger partial charge in [0, 0.05) is 22.5 Å². The highest BCUT2D eigenvalue weighted by atomic mass is 15.1. The molecule has 5 aliphatic rings. The number of nitrogens with zero attached hydrogens (tertiary/aromatic N) is 1. The normalized spacial score (nSPS) is 22.4. The van der Waals surface area contributed by atoms with Crippen molar-refractivity contribution in [1.82, 2.24) is 0 Å². The Morgan fingerprint density at radius 2 is 0.911 bits per heavy atom. The van der Waals surface area contributed by atoms with Crippen LogP contribution in [0.4, 0.5) is 17.1 Å². The van der Waals surface area contributed by atoms with Crippen LogP contribution in [0, 0.1) is 23.7 Å². The van der Waals surface area contributed by atoms with Gasteiger partial charge in [0.15, 0.2) is 0 Å². The van der Waals surface area contributed by atoms with Crippen LogP contribution in [0.3, 0.4) is 0 Å². The summed E-state index contributed by atoms with van der Waals surface area (Å²) in [6.45, 7) is 0. The summed E-state index contributed by atoms with van der Waals surface area (Å²) in [5.41, 5.74) is 17.3. The molecule has 4 bridgehead atoms. The second-order valence-electron chi connectivity index (χ2n) is 17.0. The Kier molecular flexibility index (Phi) is 7.12. The Labute approximate surface area is 329 Å². The molecule has 1 heteroatoms. The van der Waals surface area contributed by atoms with E-state index in [1.165, 1.54) is 81.0 Å². The molecule has 0 amide bonds. The van der Waals surface area contributed by atoms with Gasteiger partial charge in [-0.2, -0.15) is 0 Å². The summed E-state index contributed by atoms with van der Waals surface area (Å²) in [6, 6.07) is 70.2. The molecule has 8 aromatic rings. The first-order valence-corrected chi connectivity index (χ1v) is 20.6. The first-order chi connectivity index (χ1) is 27.7. The highest BCUT2D eigenvalue weighted by molar-refractivity contribution is 5.89. The first-order valence-electron chi connectivity index (χ1n) is 20.6. The molecule has 0 radical (unpaired) electrons. The molecule has 4 saturated carbocycles. The van der Waals surface area contributed by atoms with E-state index in [9.17, 15) is 0 Å². The average molecular weight is 718 g/mol. The van der Waals surface area contributed by atoms with Crippen molar-refractivity contribution < 1.29 is 0 Å². The van der Waals surface area contributed by atoms with Crippen molar-refractivity contribution in [3.05, 3.63) is 199 Å². The second kappa shape index (κ2) is 12.4. The zero-order chi connectivity index (χ0) is 36.8. The lowest BCUT2D eigenvalue weighted by Gasteiger charge is -2.44. The van der Waals surface area contributed by atoms with Crippen LogP contribution in [-0.4, -0.2) is 0 Å². The summed E-state index contributed by atoms with van der Waals surface area (Å²) in [5.74, 6) is 3.42. The van der Waals surface area contributed by atoms with Gasteiger partial charge in [-0.1, -0.05) is 140 Å². The van der Waals surface area contributed by atoms with Gasteiger partial charge >= 0.3 is 0 Å². The maximum Gasteiger partial charge on any atom is 0.0462 e.